The fraction of sp³-hybridized carbons (Fsp3) is 0.471. The van der Waals surface area contributed by atoms with Gasteiger partial charge in [0.05, 0.1) is 18.4 Å². The number of halogens is 1. The van der Waals surface area contributed by atoms with E-state index in [1.165, 1.54) is 10.9 Å². The van der Waals surface area contributed by atoms with Gasteiger partial charge in [0.25, 0.3) is 0 Å². The van der Waals surface area contributed by atoms with Crippen LogP contribution < -0.4 is 0 Å². The number of unbranched alkanes of at least 4 members (excludes halogenated alkanes) is 1. The molecule has 0 saturated heterocycles. The lowest BCUT2D eigenvalue weighted by Gasteiger charge is -2.30. The summed E-state index contributed by atoms with van der Waals surface area (Å²) in [6.45, 7) is 4.80. The van der Waals surface area contributed by atoms with Gasteiger partial charge in [-0.05, 0) is 25.0 Å². The molecule has 0 spiro atoms. The fourth-order valence-electron chi connectivity index (χ4n) is 2.36. The van der Waals surface area contributed by atoms with Gasteiger partial charge in [0.15, 0.2) is 11.6 Å². The molecule has 6 nitrogen and oxygen atoms in total. The maximum Gasteiger partial charge on any atom is 0.319 e. The Morgan fingerprint density at radius 1 is 1.33 bits per heavy atom. The Labute approximate surface area is 141 Å². The minimum absolute atomic E-state index is 0.0193. The van der Waals surface area contributed by atoms with Crippen LogP contribution in [0.5, 0.6) is 0 Å². The first-order chi connectivity index (χ1) is 11.4. The number of hydrogen-bond acceptors (Lipinski definition) is 3. The largest absolute Gasteiger partial charge is 0.328 e. The number of aromatic nitrogens is 3. The fourth-order valence-corrected chi connectivity index (χ4v) is 2.36. The molecular formula is C17H24FN5O. The number of nitrogens with zero attached hydrogens (tertiary/aromatic N) is 5. The lowest BCUT2D eigenvalue weighted by Crippen LogP contribution is -2.40. The van der Waals surface area contributed by atoms with E-state index in [0.717, 1.165) is 31.1 Å². The SMILES string of the molecule is CCCCN(C)C(=O)N(C)[C@@H](C)c1ccc(-n2cc(F)cn2)nc1. The average Bonchev–Trinajstić information content (AvgIpc) is 3.04. The summed E-state index contributed by atoms with van der Waals surface area (Å²) >= 11 is 0. The van der Waals surface area contributed by atoms with Crippen LogP contribution in [0.2, 0.25) is 0 Å². The molecule has 0 unspecified atom stereocenters. The van der Waals surface area contributed by atoms with Crippen molar-refractivity contribution in [1.82, 2.24) is 24.6 Å². The molecule has 0 aromatic carbocycles. The van der Waals surface area contributed by atoms with E-state index in [9.17, 15) is 9.18 Å². The van der Waals surface area contributed by atoms with E-state index in [0.29, 0.717) is 5.82 Å². The summed E-state index contributed by atoms with van der Waals surface area (Å²) < 4.78 is 14.4. The van der Waals surface area contributed by atoms with Gasteiger partial charge < -0.3 is 9.80 Å². The quantitative estimate of drug-likeness (QED) is 0.815. The molecule has 0 saturated carbocycles. The van der Waals surface area contributed by atoms with Crippen molar-refractivity contribution in [3.8, 4) is 5.82 Å². The highest BCUT2D eigenvalue weighted by molar-refractivity contribution is 5.74. The summed E-state index contributed by atoms with van der Waals surface area (Å²) in [6.07, 6.45) is 6.13. The van der Waals surface area contributed by atoms with Crippen LogP contribution >= 0.6 is 0 Å². The molecule has 2 aromatic heterocycles. The average molecular weight is 333 g/mol. The molecule has 0 bridgehead atoms. The lowest BCUT2D eigenvalue weighted by molar-refractivity contribution is 0.159. The van der Waals surface area contributed by atoms with Crippen molar-refractivity contribution in [2.24, 2.45) is 0 Å². The summed E-state index contributed by atoms with van der Waals surface area (Å²) in [5.41, 5.74) is 0.908. The maximum absolute atomic E-state index is 13.0. The zero-order chi connectivity index (χ0) is 17.7. The highest BCUT2D eigenvalue weighted by atomic mass is 19.1. The molecule has 0 fully saturated rings. The van der Waals surface area contributed by atoms with Crippen LogP contribution in [0.25, 0.3) is 5.82 Å². The van der Waals surface area contributed by atoms with E-state index in [1.54, 1.807) is 29.1 Å². The van der Waals surface area contributed by atoms with Gasteiger partial charge in [-0.2, -0.15) is 5.10 Å². The van der Waals surface area contributed by atoms with Crippen molar-refractivity contribution < 1.29 is 9.18 Å². The Morgan fingerprint density at radius 3 is 2.62 bits per heavy atom. The lowest BCUT2D eigenvalue weighted by atomic mass is 10.1. The predicted octanol–water partition coefficient (Wildman–Crippen LogP) is 3.25. The van der Waals surface area contributed by atoms with Gasteiger partial charge in [0.1, 0.15) is 0 Å². The molecule has 130 valence electrons. The number of amides is 2. The van der Waals surface area contributed by atoms with E-state index in [2.05, 4.69) is 17.0 Å². The van der Waals surface area contributed by atoms with Gasteiger partial charge in [-0.25, -0.2) is 18.9 Å². The summed E-state index contributed by atoms with van der Waals surface area (Å²) in [5, 5.41) is 3.88. The third-order valence-electron chi connectivity index (χ3n) is 4.10. The normalized spacial score (nSPS) is 12.0. The molecule has 2 aromatic rings. The Balaban J connectivity index is 2.06. The Kier molecular flexibility index (Phi) is 5.89. The van der Waals surface area contributed by atoms with E-state index in [4.69, 9.17) is 0 Å². The first-order valence-electron chi connectivity index (χ1n) is 8.08. The van der Waals surface area contributed by atoms with Gasteiger partial charge in [-0.3, -0.25) is 0 Å². The number of hydrogen-bond donors (Lipinski definition) is 0. The predicted molar refractivity (Wildman–Crippen MR) is 90.4 cm³/mol. The molecule has 24 heavy (non-hydrogen) atoms. The Morgan fingerprint density at radius 2 is 2.08 bits per heavy atom. The van der Waals surface area contributed by atoms with E-state index < -0.39 is 5.82 Å². The van der Waals surface area contributed by atoms with Crippen molar-refractivity contribution in [2.75, 3.05) is 20.6 Å². The van der Waals surface area contributed by atoms with Crippen molar-refractivity contribution in [3.63, 3.8) is 0 Å². The topological polar surface area (TPSA) is 54.3 Å². The molecular weight excluding hydrogens is 309 g/mol. The second-order valence-electron chi connectivity index (χ2n) is 5.90. The van der Waals surface area contributed by atoms with Crippen molar-refractivity contribution >= 4 is 6.03 Å². The summed E-state index contributed by atoms with van der Waals surface area (Å²) in [4.78, 5) is 20.2. The minimum atomic E-state index is -0.408. The second-order valence-corrected chi connectivity index (χ2v) is 5.90. The smallest absolute Gasteiger partial charge is 0.319 e. The standard InChI is InChI=1S/C17H24FN5O/c1-5-6-9-21(3)17(24)22(4)13(2)14-7-8-16(19-10-14)23-12-15(18)11-20-23/h7-8,10-13H,5-6,9H2,1-4H3/t13-/m0/s1. The van der Waals surface area contributed by atoms with Gasteiger partial charge in [0, 0.05) is 26.8 Å². The van der Waals surface area contributed by atoms with Crippen LogP contribution in [0.1, 0.15) is 38.3 Å². The second kappa shape index (κ2) is 7.90. The van der Waals surface area contributed by atoms with Crippen molar-refractivity contribution in [3.05, 3.63) is 42.1 Å². The molecule has 0 aliphatic heterocycles. The number of carbonyl (C=O) groups excluding carboxylic acids is 1. The Hall–Kier alpha value is -2.44. The van der Waals surface area contributed by atoms with Crippen LogP contribution in [0, 0.1) is 5.82 Å². The van der Waals surface area contributed by atoms with Gasteiger partial charge in [-0.1, -0.05) is 19.4 Å². The molecule has 2 amide bonds. The van der Waals surface area contributed by atoms with Crippen LogP contribution in [0.3, 0.4) is 0 Å². The van der Waals surface area contributed by atoms with Gasteiger partial charge in [-0.15, -0.1) is 0 Å². The highest BCUT2D eigenvalue weighted by Gasteiger charge is 2.20. The minimum Gasteiger partial charge on any atom is -0.328 e. The third-order valence-corrected chi connectivity index (χ3v) is 4.10. The van der Waals surface area contributed by atoms with Crippen LogP contribution in [-0.4, -0.2) is 51.2 Å². The zero-order valence-corrected chi connectivity index (χ0v) is 14.6. The van der Waals surface area contributed by atoms with Crippen LogP contribution in [0.15, 0.2) is 30.7 Å². The molecule has 0 aliphatic rings. The molecule has 0 N–H and O–H groups in total. The number of rotatable bonds is 6. The molecule has 0 aliphatic carbocycles. The first-order valence-corrected chi connectivity index (χ1v) is 8.08. The first kappa shape index (κ1) is 17.9. The summed E-state index contributed by atoms with van der Waals surface area (Å²) in [6, 6.07) is 3.51. The molecule has 1 atom stereocenters. The van der Waals surface area contributed by atoms with Crippen molar-refractivity contribution in [1.29, 1.82) is 0 Å². The summed E-state index contributed by atoms with van der Waals surface area (Å²) in [5.74, 6) is 0.124. The maximum atomic E-state index is 13.0. The third kappa shape index (κ3) is 4.10. The monoisotopic (exact) mass is 333 g/mol. The van der Waals surface area contributed by atoms with Crippen LogP contribution in [0.4, 0.5) is 9.18 Å². The van der Waals surface area contributed by atoms with Crippen LogP contribution in [-0.2, 0) is 0 Å². The van der Waals surface area contributed by atoms with Gasteiger partial charge in [0.2, 0.25) is 0 Å². The molecule has 0 radical (unpaired) electrons. The Bertz CT molecular complexity index is 670. The van der Waals surface area contributed by atoms with Crippen molar-refractivity contribution in [2.45, 2.75) is 32.7 Å². The molecule has 7 heteroatoms. The summed E-state index contributed by atoms with van der Waals surface area (Å²) in [7, 11) is 3.60. The van der Waals surface area contributed by atoms with E-state index in [-0.39, 0.29) is 12.1 Å². The zero-order valence-electron chi connectivity index (χ0n) is 14.6. The van der Waals surface area contributed by atoms with E-state index in [1.807, 2.05) is 20.0 Å². The number of urea groups is 1. The number of pyridine rings is 1. The molecule has 2 heterocycles. The molecule has 2 rings (SSSR count). The number of carbonyl (C=O) groups is 1. The van der Waals surface area contributed by atoms with Gasteiger partial charge >= 0.3 is 6.03 Å². The van der Waals surface area contributed by atoms with E-state index >= 15 is 0 Å². The highest BCUT2D eigenvalue weighted by Crippen LogP contribution is 2.20.